The quantitative estimate of drug-likeness (QED) is 0.932. The Morgan fingerprint density at radius 2 is 2.33 bits per heavy atom. The predicted octanol–water partition coefficient (Wildman–Crippen LogP) is 1.83. The fraction of sp³-hybridized carbons (Fsp3) is 0.500. The van der Waals surface area contributed by atoms with Crippen LogP contribution >= 0.6 is 0 Å². The van der Waals surface area contributed by atoms with Crippen LogP contribution in [0.3, 0.4) is 0 Å². The smallest absolute Gasteiger partial charge is 0.224 e. The molecule has 1 saturated heterocycles. The number of nitrogens with one attached hydrogen (secondary N) is 1. The lowest BCUT2D eigenvalue weighted by atomic mass is 9.97. The summed E-state index contributed by atoms with van der Waals surface area (Å²) in [6, 6.07) is 7.70. The highest BCUT2D eigenvalue weighted by Crippen LogP contribution is 2.16. The minimum atomic E-state index is 0.118. The van der Waals surface area contributed by atoms with Crippen LogP contribution in [0.5, 0.6) is 0 Å². The minimum absolute atomic E-state index is 0.118. The summed E-state index contributed by atoms with van der Waals surface area (Å²) in [4.78, 5) is 18.7. The summed E-state index contributed by atoms with van der Waals surface area (Å²) in [7, 11) is 2.07. The minimum Gasteiger partial charge on any atom is -0.441 e. The van der Waals surface area contributed by atoms with Crippen molar-refractivity contribution in [1.82, 2.24) is 15.2 Å². The molecule has 0 bridgehead atoms. The van der Waals surface area contributed by atoms with E-state index in [0.29, 0.717) is 18.9 Å². The first-order chi connectivity index (χ1) is 10.2. The first-order valence-electron chi connectivity index (χ1n) is 7.53. The van der Waals surface area contributed by atoms with Crippen molar-refractivity contribution >= 4 is 17.0 Å². The first kappa shape index (κ1) is 14.1. The van der Waals surface area contributed by atoms with Gasteiger partial charge in [0.05, 0.1) is 5.92 Å². The summed E-state index contributed by atoms with van der Waals surface area (Å²) in [5.74, 6) is 0.947. The molecule has 2 heterocycles. The molecule has 3 rings (SSSR count). The van der Waals surface area contributed by atoms with E-state index in [1.54, 1.807) is 0 Å². The topological polar surface area (TPSA) is 58.4 Å². The van der Waals surface area contributed by atoms with Crippen molar-refractivity contribution < 1.29 is 9.21 Å². The van der Waals surface area contributed by atoms with Gasteiger partial charge in [0, 0.05) is 19.5 Å². The maximum atomic E-state index is 12.1. The van der Waals surface area contributed by atoms with E-state index in [-0.39, 0.29) is 11.8 Å². The maximum Gasteiger partial charge on any atom is 0.224 e. The average Bonchev–Trinajstić information content (AvgIpc) is 2.89. The zero-order chi connectivity index (χ0) is 14.7. The molecule has 1 aromatic carbocycles. The number of hydrogen-bond acceptors (Lipinski definition) is 4. The molecule has 0 radical (unpaired) electrons. The monoisotopic (exact) mass is 287 g/mol. The van der Waals surface area contributed by atoms with Crippen LogP contribution in [0, 0.1) is 5.92 Å². The second-order valence-electron chi connectivity index (χ2n) is 5.72. The second-order valence-corrected chi connectivity index (χ2v) is 5.72. The first-order valence-corrected chi connectivity index (χ1v) is 7.53. The number of oxazole rings is 1. The SMILES string of the molecule is CN1CCC[C@H](C(=O)NCCc2nc3ccccc3o2)C1. The van der Waals surface area contributed by atoms with Gasteiger partial charge >= 0.3 is 0 Å². The van der Waals surface area contributed by atoms with E-state index in [9.17, 15) is 4.79 Å². The van der Waals surface area contributed by atoms with Crippen molar-refractivity contribution in [3.63, 3.8) is 0 Å². The van der Waals surface area contributed by atoms with Gasteiger partial charge in [-0.3, -0.25) is 4.79 Å². The van der Waals surface area contributed by atoms with Crippen LogP contribution in [-0.4, -0.2) is 42.5 Å². The third kappa shape index (κ3) is 3.42. The molecule has 5 heteroatoms. The Labute approximate surface area is 124 Å². The molecule has 1 aliphatic rings. The maximum absolute atomic E-state index is 12.1. The van der Waals surface area contributed by atoms with E-state index >= 15 is 0 Å². The molecule has 1 atom stereocenters. The van der Waals surface area contributed by atoms with Crippen molar-refractivity contribution in [2.24, 2.45) is 5.92 Å². The van der Waals surface area contributed by atoms with Gasteiger partial charge in [-0.05, 0) is 38.6 Å². The number of benzene rings is 1. The molecule has 1 amide bonds. The third-order valence-electron chi connectivity index (χ3n) is 3.97. The number of piperidine rings is 1. The van der Waals surface area contributed by atoms with Crippen LogP contribution in [0.4, 0.5) is 0 Å². The van der Waals surface area contributed by atoms with E-state index in [1.165, 1.54) is 0 Å². The number of para-hydroxylation sites is 2. The number of likely N-dealkylation sites (tertiary alicyclic amines) is 1. The molecule has 5 nitrogen and oxygen atoms in total. The normalized spacial score (nSPS) is 19.8. The number of nitrogens with zero attached hydrogens (tertiary/aromatic N) is 2. The number of fused-ring (bicyclic) bond motifs is 1. The summed E-state index contributed by atoms with van der Waals surface area (Å²) in [5.41, 5.74) is 1.67. The summed E-state index contributed by atoms with van der Waals surface area (Å²) in [6.07, 6.45) is 2.71. The van der Waals surface area contributed by atoms with Crippen molar-refractivity contribution in [3.8, 4) is 0 Å². The Morgan fingerprint density at radius 1 is 1.48 bits per heavy atom. The van der Waals surface area contributed by atoms with Gasteiger partial charge in [0.2, 0.25) is 5.91 Å². The molecule has 1 aliphatic heterocycles. The lowest BCUT2D eigenvalue weighted by Gasteiger charge is -2.28. The number of carbonyl (C=O) groups is 1. The predicted molar refractivity (Wildman–Crippen MR) is 80.9 cm³/mol. The van der Waals surface area contributed by atoms with Crippen molar-refractivity contribution in [1.29, 1.82) is 0 Å². The molecular weight excluding hydrogens is 266 g/mol. The van der Waals surface area contributed by atoms with E-state index in [1.807, 2.05) is 24.3 Å². The molecule has 112 valence electrons. The van der Waals surface area contributed by atoms with Crippen molar-refractivity contribution in [2.75, 3.05) is 26.7 Å². The van der Waals surface area contributed by atoms with Gasteiger partial charge < -0.3 is 14.6 Å². The van der Waals surface area contributed by atoms with Crippen LogP contribution in [0.15, 0.2) is 28.7 Å². The van der Waals surface area contributed by atoms with Gasteiger partial charge in [0.25, 0.3) is 0 Å². The summed E-state index contributed by atoms with van der Waals surface area (Å²) >= 11 is 0. The number of rotatable bonds is 4. The van der Waals surface area contributed by atoms with E-state index in [4.69, 9.17) is 4.42 Å². The van der Waals surface area contributed by atoms with E-state index < -0.39 is 0 Å². The number of hydrogen-bond donors (Lipinski definition) is 1. The molecule has 1 N–H and O–H groups in total. The zero-order valence-electron chi connectivity index (χ0n) is 12.3. The van der Waals surface area contributed by atoms with Gasteiger partial charge in [-0.2, -0.15) is 0 Å². The summed E-state index contributed by atoms with van der Waals surface area (Å²) < 4.78 is 5.64. The number of aromatic nitrogens is 1. The Bertz CT molecular complexity index is 590. The molecule has 21 heavy (non-hydrogen) atoms. The number of carbonyl (C=O) groups excluding carboxylic acids is 1. The second kappa shape index (κ2) is 6.26. The van der Waals surface area contributed by atoms with Gasteiger partial charge in [-0.15, -0.1) is 0 Å². The highest BCUT2D eigenvalue weighted by molar-refractivity contribution is 5.79. The van der Waals surface area contributed by atoms with Crippen LogP contribution in [0.2, 0.25) is 0 Å². The lowest BCUT2D eigenvalue weighted by molar-refractivity contribution is -0.126. The van der Waals surface area contributed by atoms with Gasteiger partial charge in [0.1, 0.15) is 5.52 Å². The molecule has 0 aliphatic carbocycles. The zero-order valence-corrected chi connectivity index (χ0v) is 12.3. The molecule has 1 fully saturated rings. The van der Waals surface area contributed by atoms with Crippen LogP contribution < -0.4 is 5.32 Å². The van der Waals surface area contributed by atoms with E-state index in [2.05, 4.69) is 22.2 Å². The van der Waals surface area contributed by atoms with Crippen LogP contribution in [-0.2, 0) is 11.2 Å². The van der Waals surface area contributed by atoms with Gasteiger partial charge in [-0.1, -0.05) is 12.1 Å². The average molecular weight is 287 g/mol. The third-order valence-corrected chi connectivity index (χ3v) is 3.97. The molecular formula is C16H21N3O2. The molecule has 0 unspecified atom stereocenters. The highest BCUT2D eigenvalue weighted by Gasteiger charge is 2.23. The van der Waals surface area contributed by atoms with Gasteiger partial charge in [-0.25, -0.2) is 4.98 Å². The Kier molecular flexibility index (Phi) is 4.20. The summed E-state index contributed by atoms with van der Waals surface area (Å²) in [5, 5.41) is 3.00. The fourth-order valence-corrected chi connectivity index (χ4v) is 2.84. The molecule has 2 aromatic rings. The van der Waals surface area contributed by atoms with E-state index in [0.717, 1.165) is 37.0 Å². The largest absolute Gasteiger partial charge is 0.441 e. The highest BCUT2D eigenvalue weighted by atomic mass is 16.3. The molecule has 0 spiro atoms. The summed E-state index contributed by atoms with van der Waals surface area (Å²) in [6.45, 7) is 2.52. The number of amides is 1. The Morgan fingerprint density at radius 3 is 3.14 bits per heavy atom. The Hall–Kier alpha value is -1.88. The van der Waals surface area contributed by atoms with Gasteiger partial charge in [0.15, 0.2) is 11.5 Å². The van der Waals surface area contributed by atoms with Crippen LogP contribution in [0.25, 0.3) is 11.1 Å². The molecule has 0 saturated carbocycles. The Balaban J connectivity index is 1.50. The molecule has 1 aromatic heterocycles. The van der Waals surface area contributed by atoms with Crippen molar-refractivity contribution in [3.05, 3.63) is 30.2 Å². The fourth-order valence-electron chi connectivity index (χ4n) is 2.84. The standard InChI is InChI=1S/C16H21N3O2/c1-19-10-4-5-12(11-19)16(20)17-9-8-15-18-13-6-2-3-7-14(13)21-15/h2-3,6-7,12H,4-5,8-11H2,1H3,(H,17,20)/t12-/m0/s1. The van der Waals surface area contributed by atoms with Crippen LogP contribution in [0.1, 0.15) is 18.7 Å². The van der Waals surface area contributed by atoms with Crippen molar-refractivity contribution in [2.45, 2.75) is 19.3 Å². The lowest BCUT2D eigenvalue weighted by Crippen LogP contribution is -2.41.